The maximum Gasteiger partial charge on any atom is 0.277 e. The first-order chi connectivity index (χ1) is 12.2. The summed E-state index contributed by atoms with van der Waals surface area (Å²) < 4.78 is 0. The predicted molar refractivity (Wildman–Crippen MR) is 89.3 cm³/mol. The Hall–Kier alpha value is -3.18. The molecule has 2 aliphatic heterocycles. The fourth-order valence-corrected chi connectivity index (χ4v) is 3.63. The van der Waals surface area contributed by atoms with Gasteiger partial charge in [0.15, 0.2) is 0 Å². The number of nitriles is 1. The largest absolute Gasteiger partial charge is 0.365 e. The maximum atomic E-state index is 11.3. The Morgan fingerprint density at radius 3 is 2.60 bits per heavy atom. The first-order valence-corrected chi connectivity index (χ1v) is 7.99. The Labute approximate surface area is 144 Å². The zero-order chi connectivity index (χ0) is 17.4. The second-order valence-electron chi connectivity index (χ2n) is 6.22. The van der Waals surface area contributed by atoms with E-state index in [1.165, 1.54) is 12.4 Å². The number of hydrogen-bond donors (Lipinski definition) is 2. The summed E-state index contributed by atoms with van der Waals surface area (Å²) in [6.45, 7) is 1.65. The number of rotatable bonds is 3. The lowest BCUT2D eigenvalue weighted by Crippen LogP contribution is -2.47. The Balaban J connectivity index is 1.49. The molecule has 2 aliphatic rings. The molecule has 2 N–H and O–H groups in total. The van der Waals surface area contributed by atoms with Crippen molar-refractivity contribution in [2.45, 2.75) is 18.5 Å². The van der Waals surface area contributed by atoms with Crippen LogP contribution in [0.2, 0.25) is 0 Å². The van der Waals surface area contributed by atoms with Crippen molar-refractivity contribution in [2.75, 3.05) is 22.9 Å². The number of fused-ring (bicyclic) bond motifs is 2. The summed E-state index contributed by atoms with van der Waals surface area (Å²) >= 11 is 0. The van der Waals surface area contributed by atoms with E-state index in [2.05, 4.69) is 25.8 Å². The van der Waals surface area contributed by atoms with Gasteiger partial charge >= 0.3 is 0 Å². The molecule has 2 fully saturated rings. The average Bonchev–Trinajstić information content (AvgIpc) is 3.28. The van der Waals surface area contributed by atoms with Crippen LogP contribution in [-0.4, -0.2) is 46.3 Å². The Bertz CT molecular complexity index is 847. The summed E-state index contributed by atoms with van der Waals surface area (Å²) in [6, 6.07) is 10.5. The van der Waals surface area contributed by atoms with Gasteiger partial charge in [0.05, 0.1) is 23.2 Å². The highest BCUT2D eigenvalue weighted by atomic mass is 16.5. The number of aromatic nitrogens is 2. The first kappa shape index (κ1) is 15.4. The number of carbonyl (C=O) groups excluding carboxylic acids is 1. The summed E-state index contributed by atoms with van der Waals surface area (Å²) in [6.07, 6.45) is 3.83. The number of hydroxylamine groups is 1. The van der Waals surface area contributed by atoms with Gasteiger partial charge in [0.25, 0.3) is 5.91 Å². The van der Waals surface area contributed by atoms with E-state index >= 15 is 0 Å². The minimum absolute atomic E-state index is 0.213. The van der Waals surface area contributed by atoms with E-state index in [0.29, 0.717) is 23.6 Å². The average molecular weight is 336 g/mol. The number of carbonyl (C=O) groups is 1. The molecule has 2 bridgehead atoms. The van der Waals surface area contributed by atoms with Crippen molar-refractivity contribution in [3.8, 4) is 6.07 Å². The van der Waals surface area contributed by atoms with E-state index in [9.17, 15) is 4.79 Å². The third-order valence-corrected chi connectivity index (χ3v) is 4.81. The number of nitrogens with zero attached hydrogens (tertiary/aromatic N) is 5. The zero-order valence-electron chi connectivity index (χ0n) is 13.3. The highest BCUT2D eigenvalue weighted by Crippen LogP contribution is 2.36. The predicted octanol–water partition coefficient (Wildman–Crippen LogP) is 0.935. The molecule has 0 spiro atoms. The molecule has 2 aromatic rings. The number of anilines is 2. The van der Waals surface area contributed by atoms with Gasteiger partial charge in [0.1, 0.15) is 0 Å². The Morgan fingerprint density at radius 1 is 1.24 bits per heavy atom. The maximum absolute atomic E-state index is 11.3. The van der Waals surface area contributed by atoms with E-state index in [0.717, 1.165) is 25.2 Å². The molecule has 25 heavy (non-hydrogen) atoms. The van der Waals surface area contributed by atoms with Crippen LogP contribution >= 0.6 is 0 Å². The molecule has 2 atom stereocenters. The monoisotopic (exact) mass is 336 g/mol. The van der Waals surface area contributed by atoms with Crippen molar-refractivity contribution < 1.29 is 10.0 Å². The molecule has 8 heteroatoms. The normalized spacial score (nSPS) is 21.3. The van der Waals surface area contributed by atoms with Gasteiger partial charge in [-0.1, -0.05) is 6.07 Å². The van der Waals surface area contributed by atoms with E-state index in [-0.39, 0.29) is 5.56 Å². The molecule has 1 aromatic carbocycles. The molecule has 8 nitrogen and oxygen atoms in total. The van der Waals surface area contributed by atoms with Crippen molar-refractivity contribution in [1.82, 2.24) is 15.4 Å². The number of hydrogen-bond acceptors (Lipinski definition) is 7. The molecular formula is C17H16N6O2. The number of amides is 1. The lowest BCUT2D eigenvalue weighted by atomic mass is 10.2. The topological polar surface area (TPSA) is 105 Å². The third-order valence-electron chi connectivity index (χ3n) is 4.81. The molecule has 0 radical (unpaired) electrons. The van der Waals surface area contributed by atoms with Gasteiger partial charge in [-0.15, -0.1) is 0 Å². The first-order valence-electron chi connectivity index (χ1n) is 7.99. The van der Waals surface area contributed by atoms with E-state index in [1.54, 1.807) is 5.48 Å². The molecule has 0 aliphatic carbocycles. The molecule has 3 heterocycles. The van der Waals surface area contributed by atoms with Crippen LogP contribution in [0.5, 0.6) is 0 Å². The van der Waals surface area contributed by atoms with Crippen molar-refractivity contribution >= 4 is 17.5 Å². The minimum atomic E-state index is -0.627. The summed E-state index contributed by atoms with van der Waals surface area (Å²) in [5, 5.41) is 17.7. The minimum Gasteiger partial charge on any atom is -0.365 e. The lowest BCUT2D eigenvalue weighted by molar-refractivity contribution is 0.0705. The third kappa shape index (κ3) is 2.64. The second-order valence-corrected chi connectivity index (χ2v) is 6.22. The zero-order valence-corrected chi connectivity index (χ0v) is 13.3. The van der Waals surface area contributed by atoms with Gasteiger partial charge in [-0.25, -0.2) is 15.4 Å². The molecule has 2 saturated heterocycles. The molecular weight excluding hydrogens is 320 g/mol. The Morgan fingerprint density at radius 2 is 1.96 bits per heavy atom. The van der Waals surface area contributed by atoms with Crippen LogP contribution in [0.15, 0.2) is 36.7 Å². The smallest absolute Gasteiger partial charge is 0.277 e. The highest BCUT2D eigenvalue weighted by molar-refractivity contribution is 5.92. The van der Waals surface area contributed by atoms with Gasteiger partial charge in [0.2, 0.25) is 5.95 Å². The van der Waals surface area contributed by atoms with Crippen LogP contribution < -0.4 is 15.3 Å². The quantitative estimate of drug-likeness (QED) is 0.634. The SMILES string of the molecule is N#Cc1cccc(N2CC3CC2CN3c2ncc(C(=O)NO)cn2)c1. The number of nitrogens with one attached hydrogen (secondary N) is 1. The van der Waals surface area contributed by atoms with E-state index < -0.39 is 5.91 Å². The van der Waals surface area contributed by atoms with Crippen LogP contribution in [0.25, 0.3) is 0 Å². The summed E-state index contributed by atoms with van der Waals surface area (Å²) in [4.78, 5) is 24.3. The van der Waals surface area contributed by atoms with Crippen LogP contribution in [0, 0.1) is 11.3 Å². The van der Waals surface area contributed by atoms with E-state index in [1.807, 2.05) is 24.3 Å². The highest BCUT2D eigenvalue weighted by Gasteiger charge is 2.44. The van der Waals surface area contributed by atoms with Gasteiger partial charge in [-0.05, 0) is 24.6 Å². The fraction of sp³-hybridized carbons (Fsp3) is 0.294. The molecule has 126 valence electrons. The van der Waals surface area contributed by atoms with Crippen LogP contribution in [0.4, 0.5) is 11.6 Å². The second kappa shape index (κ2) is 6.03. The summed E-state index contributed by atoms with van der Waals surface area (Å²) in [7, 11) is 0. The number of benzene rings is 1. The fourth-order valence-electron chi connectivity index (χ4n) is 3.63. The molecule has 1 amide bonds. The van der Waals surface area contributed by atoms with Crippen LogP contribution in [0.1, 0.15) is 22.3 Å². The van der Waals surface area contributed by atoms with Gasteiger partial charge in [0, 0.05) is 37.2 Å². The van der Waals surface area contributed by atoms with Gasteiger partial charge in [-0.2, -0.15) is 5.26 Å². The van der Waals surface area contributed by atoms with Gasteiger partial charge < -0.3 is 9.80 Å². The molecule has 4 rings (SSSR count). The Kier molecular flexibility index (Phi) is 3.71. The summed E-state index contributed by atoms with van der Waals surface area (Å²) in [5.41, 5.74) is 3.52. The van der Waals surface area contributed by atoms with Crippen molar-refractivity contribution in [2.24, 2.45) is 0 Å². The van der Waals surface area contributed by atoms with E-state index in [4.69, 9.17) is 10.5 Å². The van der Waals surface area contributed by atoms with Crippen LogP contribution in [-0.2, 0) is 0 Å². The number of piperazine rings is 1. The summed E-state index contributed by atoms with van der Waals surface area (Å²) in [5.74, 6) is -0.0366. The van der Waals surface area contributed by atoms with Crippen molar-refractivity contribution in [3.05, 3.63) is 47.8 Å². The lowest BCUT2D eigenvalue weighted by Gasteiger charge is -2.35. The molecule has 2 unspecified atom stereocenters. The van der Waals surface area contributed by atoms with Crippen molar-refractivity contribution in [1.29, 1.82) is 5.26 Å². The van der Waals surface area contributed by atoms with Crippen molar-refractivity contribution in [3.63, 3.8) is 0 Å². The molecule has 1 aromatic heterocycles. The molecule has 0 saturated carbocycles. The van der Waals surface area contributed by atoms with Gasteiger partial charge in [-0.3, -0.25) is 10.0 Å². The van der Waals surface area contributed by atoms with Crippen LogP contribution in [0.3, 0.4) is 0 Å². The standard InChI is InChI=1S/C17H16N6O2/c18-6-11-2-1-3-13(4-11)22-9-15-5-14(22)10-23(15)17-19-7-12(8-20-17)16(24)21-25/h1-4,7-8,14-15,25H,5,9-10H2,(H,21,24).